The van der Waals surface area contributed by atoms with Gasteiger partial charge in [0, 0.05) is 0 Å². The van der Waals surface area contributed by atoms with Gasteiger partial charge in [0.15, 0.2) is 0 Å². The Balaban J connectivity index is 2.73. The van der Waals surface area contributed by atoms with Crippen LogP contribution in [0.5, 0.6) is 0 Å². The van der Waals surface area contributed by atoms with Crippen LogP contribution in [0.2, 0.25) is 0 Å². The molecule has 0 aromatic heterocycles. The van der Waals surface area contributed by atoms with E-state index in [-0.39, 0.29) is 0 Å². The molecule has 0 heterocycles. The normalized spacial score (nSPS) is 18.8. The quantitative estimate of drug-likeness (QED) is 0.478. The Hall–Kier alpha value is -0.520. The lowest BCUT2D eigenvalue weighted by molar-refractivity contribution is 0.494. The highest BCUT2D eigenvalue weighted by molar-refractivity contribution is 5.28. The zero-order valence-corrected chi connectivity index (χ0v) is 7.28. The van der Waals surface area contributed by atoms with Crippen molar-refractivity contribution in [3.8, 4) is 0 Å². The molecule has 0 unspecified atom stereocenters. The third-order valence-electron chi connectivity index (χ3n) is 1.87. The standard InChI is InChI=1S/C10H15/c1-8-5-6-9(7-8)10(2,3)4/h5H,6H2,1-4H3. The molecule has 0 aliphatic heterocycles. The SMILES string of the molecule is CC1=CCC(C(C)(C)C)=[C]1. The molecule has 0 atom stereocenters. The third-order valence-corrected chi connectivity index (χ3v) is 1.87. The van der Waals surface area contributed by atoms with Crippen LogP contribution < -0.4 is 0 Å². The molecular formula is C10H15. The summed E-state index contributed by atoms with van der Waals surface area (Å²) in [7, 11) is 0. The van der Waals surface area contributed by atoms with Crippen LogP contribution in [0.4, 0.5) is 0 Å². The highest BCUT2D eigenvalue weighted by Gasteiger charge is 2.18. The van der Waals surface area contributed by atoms with E-state index >= 15 is 0 Å². The van der Waals surface area contributed by atoms with E-state index in [1.54, 1.807) is 0 Å². The summed E-state index contributed by atoms with van der Waals surface area (Å²) in [5, 5.41) is 0. The first kappa shape index (κ1) is 7.59. The van der Waals surface area contributed by atoms with E-state index in [4.69, 9.17) is 0 Å². The van der Waals surface area contributed by atoms with Gasteiger partial charge in [0.1, 0.15) is 0 Å². The van der Waals surface area contributed by atoms with Crippen molar-refractivity contribution < 1.29 is 0 Å². The van der Waals surface area contributed by atoms with Gasteiger partial charge in [-0.25, -0.2) is 0 Å². The number of allylic oxidation sites excluding steroid dienone is 4. The Morgan fingerprint density at radius 3 is 2.20 bits per heavy atom. The molecule has 0 spiro atoms. The highest BCUT2D eigenvalue weighted by atomic mass is 14.2. The summed E-state index contributed by atoms with van der Waals surface area (Å²) in [6.07, 6.45) is 6.71. The fourth-order valence-corrected chi connectivity index (χ4v) is 1.09. The largest absolute Gasteiger partial charge is 0.0769 e. The van der Waals surface area contributed by atoms with Crippen molar-refractivity contribution in [3.05, 3.63) is 23.3 Å². The van der Waals surface area contributed by atoms with Crippen LogP contribution in [0.3, 0.4) is 0 Å². The molecule has 55 valence electrons. The van der Waals surface area contributed by atoms with E-state index in [0.29, 0.717) is 5.41 Å². The van der Waals surface area contributed by atoms with Crippen molar-refractivity contribution in [2.45, 2.75) is 34.1 Å². The molecule has 0 fully saturated rings. The predicted molar refractivity (Wildman–Crippen MR) is 44.6 cm³/mol. The second kappa shape index (κ2) is 2.26. The summed E-state index contributed by atoms with van der Waals surface area (Å²) in [5.41, 5.74) is 3.05. The van der Waals surface area contributed by atoms with Crippen molar-refractivity contribution >= 4 is 0 Å². The van der Waals surface area contributed by atoms with Gasteiger partial charge < -0.3 is 0 Å². The lowest BCUT2D eigenvalue weighted by Gasteiger charge is -2.19. The molecule has 0 aromatic rings. The predicted octanol–water partition coefficient (Wildman–Crippen LogP) is 3.11. The van der Waals surface area contributed by atoms with Crippen molar-refractivity contribution in [3.63, 3.8) is 0 Å². The summed E-state index contributed by atoms with van der Waals surface area (Å²) < 4.78 is 0. The molecule has 1 rings (SSSR count). The minimum Gasteiger partial charge on any atom is -0.0769 e. The molecule has 0 saturated heterocycles. The van der Waals surface area contributed by atoms with Crippen LogP contribution in [-0.2, 0) is 0 Å². The summed E-state index contributed by atoms with van der Waals surface area (Å²) >= 11 is 0. The number of rotatable bonds is 0. The van der Waals surface area contributed by atoms with E-state index in [2.05, 4.69) is 39.8 Å². The maximum absolute atomic E-state index is 3.37. The second-order valence-electron chi connectivity index (χ2n) is 3.94. The Morgan fingerprint density at radius 2 is 2.00 bits per heavy atom. The van der Waals surface area contributed by atoms with Crippen LogP contribution in [0.25, 0.3) is 0 Å². The summed E-state index contributed by atoms with van der Waals surface area (Å²) in [4.78, 5) is 0. The molecule has 0 saturated carbocycles. The Labute approximate surface area is 63.6 Å². The molecule has 1 aliphatic rings. The molecular weight excluding hydrogens is 120 g/mol. The molecule has 0 heteroatoms. The van der Waals surface area contributed by atoms with Crippen LogP contribution >= 0.6 is 0 Å². The van der Waals surface area contributed by atoms with Crippen LogP contribution in [-0.4, -0.2) is 0 Å². The van der Waals surface area contributed by atoms with Crippen LogP contribution in [0.1, 0.15) is 34.1 Å². The minimum atomic E-state index is 0.314. The number of hydrogen-bond donors (Lipinski definition) is 0. The smallest absolute Gasteiger partial charge is 0.0118 e. The lowest BCUT2D eigenvalue weighted by atomic mass is 9.86. The molecule has 10 heavy (non-hydrogen) atoms. The topological polar surface area (TPSA) is 0 Å². The van der Waals surface area contributed by atoms with Gasteiger partial charge in [-0.15, -0.1) is 0 Å². The monoisotopic (exact) mass is 135 g/mol. The zero-order valence-electron chi connectivity index (χ0n) is 7.28. The van der Waals surface area contributed by atoms with Crippen molar-refractivity contribution in [1.29, 1.82) is 0 Å². The van der Waals surface area contributed by atoms with E-state index in [9.17, 15) is 0 Å². The summed E-state index contributed by atoms with van der Waals surface area (Å²) in [6.45, 7) is 8.82. The molecule has 1 radical (unpaired) electrons. The van der Waals surface area contributed by atoms with E-state index in [1.165, 1.54) is 11.1 Å². The van der Waals surface area contributed by atoms with Crippen molar-refractivity contribution in [1.82, 2.24) is 0 Å². The first-order chi connectivity index (χ1) is 4.50. The molecule has 0 amide bonds. The highest BCUT2D eigenvalue weighted by Crippen LogP contribution is 2.32. The maximum atomic E-state index is 3.37. The van der Waals surface area contributed by atoms with Gasteiger partial charge in [0.2, 0.25) is 0 Å². The molecule has 0 aromatic carbocycles. The van der Waals surface area contributed by atoms with Gasteiger partial charge in [-0.2, -0.15) is 0 Å². The van der Waals surface area contributed by atoms with Gasteiger partial charge in [0.05, 0.1) is 0 Å². The number of hydrogen-bond acceptors (Lipinski definition) is 0. The van der Waals surface area contributed by atoms with E-state index in [0.717, 1.165) is 6.42 Å². The first-order valence-corrected chi connectivity index (χ1v) is 3.80. The molecule has 1 aliphatic carbocycles. The first-order valence-electron chi connectivity index (χ1n) is 3.80. The summed E-state index contributed by atoms with van der Waals surface area (Å²) in [5.74, 6) is 0. The average molecular weight is 135 g/mol. The Morgan fingerprint density at radius 1 is 1.40 bits per heavy atom. The van der Waals surface area contributed by atoms with Gasteiger partial charge >= 0.3 is 0 Å². The van der Waals surface area contributed by atoms with Crippen molar-refractivity contribution in [2.24, 2.45) is 5.41 Å². The van der Waals surface area contributed by atoms with Crippen LogP contribution in [0, 0.1) is 11.5 Å². The zero-order chi connectivity index (χ0) is 7.78. The summed E-state index contributed by atoms with van der Waals surface area (Å²) in [6, 6.07) is 0. The van der Waals surface area contributed by atoms with Crippen molar-refractivity contribution in [2.75, 3.05) is 0 Å². The minimum absolute atomic E-state index is 0.314. The second-order valence-corrected chi connectivity index (χ2v) is 3.94. The van der Waals surface area contributed by atoms with E-state index in [1.807, 2.05) is 0 Å². The third kappa shape index (κ3) is 1.50. The fraction of sp³-hybridized carbons (Fsp3) is 0.600. The van der Waals surface area contributed by atoms with Gasteiger partial charge in [-0.1, -0.05) is 32.4 Å². The average Bonchev–Trinajstić information content (AvgIpc) is 2.11. The van der Waals surface area contributed by atoms with Gasteiger partial charge in [-0.05, 0) is 30.4 Å². The molecule has 0 nitrogen and oxygen atoms in total. The van der Waals surface area contributed by atoms with Gasteiger partial charge in [0.25, 0.3) is 0 Å². The maximum Gasteiger partial charge on any atom is -0.0118 e. The van der Waals surface area contributed by atoms with Crippen LogP contribution in [0.15, 0.2) is 17.2 Å². The lowest BCUT2D eigenvalue weighted by Crippen LogP contribution is -2.07. The molecule has 0 bridgehead atoms. The Kier molecular flexibility index (Phi) is 1.72. The fourth-order valence-electron chi connectivity index (χ4n) is 1.09. The Bertz CT molecular complexity index is 187. The molecule has 0 N–H and O–H groups in total. The van der Waals surface area contributed by atoms with Gasteiger partial charge in [-0.3, -0.25) is 0 Å². The van der Waals surface area contributed by atoms with E-state index < -0.39 is 0 Å².